The predicted molar refractivity (Wildman–Crippen MR) is 82.3 cm³/mol. The third-order valence-corrected chi connectivity index (χ3v) is 5.56. The van der Waals surface area contributed by atoms with Crippen LogP contribution in [0.3, 0.4) is 0 Å². The zero-order chi connectivity index (χ0) is 14.5. The summed E-state index contributed by atoms with van der Waals surface area (Å²) >= 11 is 6.27. The number of aromatic nitrogens is 2. The lowest BCUT2D eigenvalue weighted by Crippen LogP contribution is -2.36. The van der Waals surface area contributed by atoms with E-state index in [-0.39, 0.29) is 10.8 Å². The largest absolute Gasteiger partial charge is 0.306 e. The van der Waals surface area contributed by atoms with E-state index < -0.39 is 11.0 Å². The third kappa shape index (κ3) is 2.28. The Hall–Kier alpha value is -0.910. The van der Waals surface area contributed by atoms with Crippen molar-refractivity contribution in [1.29, 1.82) is 0 Å². The van der Waals surface area contributed by atoms with E-state index in [1.54, 1.807) is 6.33 Å². The van der Waals surface area contributed by atoms with Crippen LogP contribution >= 0.6 is 11.6 Å². The van der Waals surface area contributed by atoms with Gasteiger partial charge in [0.05, 0.1) is 39.3 Å². The van der Waals surface area contributed by atoms with Gasteiger partial charge in [-0.25, -0.2) is 13.9 Å². The van der Waals surface area contributed by atoms with Gasteiger partial charge in [0.1, 0.15) is 0 Å². The molecule has 0 aliphatic heterocycles. The van der Waals surface area contributed by atoms with Crippen molar-refractivity contribution in [1.82, 2.24) is 14.1 Å². The minimum atomic E-state index is -1.10. The van der Waals surface area contributed by atoms with E-state index in [4.69, 9.17) is 11.6 Å². The number of imidazole rings is 1. The predicted octanol–water partition coefficient (Wildman–Crippen LogP) is 3.03. The summed E-state index contributed by atoms with van der Waals surface area (Å²) in [7, 11) is -1.10. The van der Waals surface area contributed by atoms with E-state index in [1.165, 1.54) is 0 Å². The van der Waals surface area contributed by atoms with Crippen LogP contribution in [0, 0.1) is 0 Å². The Balaban J connectivity index is 2.00. The van der Waals surface area contributed by atoms with E-state index >= 15 is 0 Å². The molecule has 1 N–H and O–H groups in total. The molecule has 0 radical (unpaired) electrons. The van der Waals surface area contributed by atoms with Gasteiger partial charge in [-0.3, -0.25) is 0 Å². The van der Waals surface area contributed by atoms with Crippen LogP contribution in [-0.2, 0) is 17.4 Å². The van der Waals surface area contributed by atoms with E-state index in [9.17, 15) is 4.21 Å². The Bertz CT molecular complexity index is 690. The quantitative estimate of drug-likeness (QED) is 0.926. The van der Waals surface area contributed by atoms with Gasteiger partial charge in [0.15, 0.2) is 0 Å². The maximum Gasteiger partial charge on any atom is 0.0996 e. The first kappa shape index (κ1) is 14.0. The standard InChI is InChI=1S/C14H18ClN3OS/c1-14(2,3)20(19)17-11-5-4-9-10(15)6-7-18-8-16-12(11)13(9)18/h6-8,11,17H,4-5H2,1-3H3. The molecule has 3 rings (SSSR count). The fourth-order valence-corrected chi connectivity index (χ4v) is 3.58. The number of pyridine rings is 1. The first-order chi connectivity index (χ1) is 9.38. The highest BCUT2D eigenvalue weighted by Crippen LogP contribution is 2.35. The van der Waals surface area contributed by atoms with Crippen molar-refractivity contribution in [2.24, 2.45) is 0 Å². The second-order valence-electron chi connectivity index (χ2n) is 6.12. The van der Waals surface area contributed by atoms with Gasteiger partial charge in [-0.2, -0.15) is 0 Å². The van der Waals surface area contributed by atoms with E-state index in [2.05, 4.69) is 9.71 Å². The van der Waals surface area contributed by atoms with Gasteiger partial charge in [-0.15, -0.1) is 0 Å². The van der Waals surface area contributed by atoms with Crippen LogP contribution in [0.15, 0.2) is 18.6 Å². The molecule has 6 heteroatoms. The molecule has 0 saturated carbocycles. The third-order valence-electron chi connectivity index (χ3n) is 3.60. The topological polar surface area (TPSA) is 46.4 Å². The van der Waals surface area contributed by atoms with Crippen LogP contribution in [0.5, 0.6) is 0 Å². The summed E-state index contributed by atoms with van der Waals surface area (Å²) in [6.07, 6.45) is 5.46. The molecule has 0 aromatic carbocycles. The minimum Gasteiger partial charge on any atom is -0.306 e. The average Bonchev–Trinajstić information content (AvgIpc) is 2.80. The van der Waals surface area contributed by atoms with Crippen molar-refractivity contribution in [3.8, 4) is 0 Å². The summed E-state index contributed by atoms with van der Waals surface area (Å²) in [5, 5.41) is 0.787. The fourth-order valence-electron chi connectivity index (χ4n) is 2.50. The highest BCUT2D eigenvalue weighted by atomic mass is 35.5. The second-order valence-corrected chi connectivity index (χ2v) is 8.52. The molecule has 1 aliphatic rings. The Labute approximate surface area is 126 Å². The normalized spacial score (nSPS) is 20.3. The lowest BCUT2D eigenvalue weighted by molar-refractivity contribution is 0.557. The Kier molecular flexibility index (Phi) is 3.39. The zero-order valence-corrected chi connectivity index (χ0v) is 13.4. The van der Waals surface area contributed by atoms with Crippen LogP contribution in [0.1, 0.15) is 44.5 Å². The molecule has 0 bridgehead atoms. The molecule has 0 spiro atoms. The summed E-state index contributed by atoms with van der Waals surface area (Å²) < 4.78 is 17.2. The molecule has 4 nitrogen and oxygen atoms in total. The second kappa shape index (κ2) is 4.83. The number of nitrogens with zero attached hydrogens (tertiary/aromatic N) is 2. The smallest absolute Gasteiger partial charge is 0.0996 e. The van der Waals surface area contributed by atoms with E-state index in [0.29, 0.717) is 0 Å². The first-order valence-electron chi connectivity index (χ1n) is 6.70. The van der Waals surface area contributed by atoms with Gasteiger partial charge >= 0.3 is 0 Å². The SMILES string of the molecule is CC(C)(C)S(=O)NC1CCc2c(Cl)ccn3cnc1c23. The Morgan fingerprint density at radius 3 is 2.95 bits per heavy atom. The number of hydrogen-bond donors (Lipinski definition) is 1. The molecule has 2 atom stereocenters. The molecule has 2 aromatic heterocycles. The first-order valence-corrected chi connectivity index (χ1v) is 8.22. The maximum absolute atomic E-state index is 12.3. The Morgan fingerprint density at radius 2 is 2.25 bits per heavy atom. The molecule has 20 heavy (non-hydrogen) atoms. The molecule has 0 amide bonds. The van der Waals surface area contributed by atoms with Crippen molar-refractivity contribution in [2.45, 2.75) is 44.4 Å². The van der Waals surface area contributed by atoms with Crippen LogP contribution in [-0.4, -0.2) is 18.3 Å². The van der Waals surface area contributed by atoms with E-state index in [0.717, 1.165) is 34.6 Å². The van der Waals surface area contributed by atoms with Crippen LogP contribution in [0.2, 0.25) is 5.02 Å². The van der Waals surface area contributed by atoms with Gasteiger partial charge in [0.2, 0.25) is 0 Å². The van der Waals surface area contributed by atoms with Gasteiger partial charge < -0.3 is 4.40 Å². The van der Waals surface area contributed by atoms with E-state index in [1.807, 2.05) is 37.4 Å². The van der Waals surface area contributed by atoms with Crippen LogP contribution < -0.4 is 4.72 Å². The minimum absolute atomic E-state index is 0.0195. The monoisotopic (exact) mass is 311 g/mol. The number of hydrogen-bond acceptors (Lipinski definition) is 2. The number of nitrogens with one attached hydrogen (secondary N) is 1. The maximum atomic E-state index is 12.3. The average molecular weight is 312 g/mol. The molecule has 1 aliphatic carbocycles. The molecule has 0 saturated heterocycles. The lowest BCUT2D eigenvalue weighted by Gasteiger charge is -2.26. The van der Waals surface area contributed by atoms with Crippen molar-refractivity contribution in [3.05, 3.63) is 34.9 Å². The highest BCUT2D eigenvalue weighted by molar-refractivity contribution is 7.84. The van der Waals surface area contributed by atoms with Gasteiger partial charge in [-0.1, -0.05) is 11.6 Å². The molecular weight excluding hydrogens is 294 g/mol. The van der Waals surface area contributed by atoms with Gasteiger partial charge in [-0.05, 0) is 45.2 Å². The van der Waals surface area contributed by atoms with Crippen molar-refractivity contribution in [3.63, 3.8) is 0 Å². The van der Waals surface area contributed by atoms with Crippen LogP contribution in [0.4, 0.5) is 0 Å². The summed E-state index contributed by atoms with van der Waals surface area (Å²) in [5.41, 5.74) is 3.15. The molecule has 0 fully saturated rings. The summed E-state index contributed by atoms with van der Waals surface area (Å²) in [4.78, 5) is 4.49. The fraction of sp³-hybridized carbons (Fsp3) is 0.500. The highest BCUT2D eigenvalue weighted by Gasteiger charge is 2.29. The summed E-state index contributed by atoms with van der Waals surface area (Å²) in [5.74, 6) is 0. The van der Waals surface area contributed by atoms with Crippen molar-refractivity contribution in [2.75, 3.05) is 0 Å². The van der Waals surface area contributed by atoms with Crippen LogP contribution in [0.25, 0.3) is 5.52 Å². The number of aryl methyl sites for hydroxylation is 1. The molecular formula is C14H18ClN3OS. The molecule has 2 unspecified atom stereocenters. The number of rotatable bonds is 2. The van der Waals surface area contributed by atoms with Gasteiger partial charge in [0.25, 0.3) is 0 Å². The zero-order valence-electron chi connectivity index (χ0n) is 11.8. The molecule has 2 heterocycles. The van der Waals surface area contributed by atoms with Crippen molar-refractivity contribution < 1.29 is 4.21 Å². The lowest BCUT2D eigenvalue weighted by atomic mass is 9.95. The van der Waals surface area contributed by atoms with Crippen molar-refractivity contribution >= 4 is 28.1 Å². The molecule has 2 aromatic rings. The molecule has 108 valence electrons. The number of halogens is 1. The summed E-state index contributed by atoms with van der Waals surface area (Å²) in [6, 6.07) is 1.92. The van der Waals surface area contributed by atoms with Gasteiger partial charge in [0, 0.05) is 11.2 Å². The Morgan fingerprint density at radius 1 is 1.50 bits per heavy atom. The summed E-state index contributed by atoms with van der Waals surface area (Å²) in [6.45, 7) is 5.89.